The van der Waals surface area contributed by atoms with E-state index in [2.05, 4.69) is 0 Å². The van der Waals surface area contributed by atoms with E-state index in [0.29, 0.717) is 17.7 Å². The molecule has 7 heteroatoms. The highest BCUT2D eigenvalue weighted by Gasteiger charge is 2.37. The summed E-state index contributed by atoms with van der Waals surface area (Å²) in [5.74, 6) is -0.282. The first-order valence-corrected chi connectivity index (χ1v) is 11.5. The second-order valence-electron chi connectivity index (χ2n) is 7.62. The summed E-state index contributed by atoms with van der Waals surface area (Å²) in [5.41, 5.74) is 2.52. The van der Waals surface area contributed by atoms with Crippen molar-refractivity contribution in [2.75, 3.05) is 11.5 Å². The van der Waals surface area contributed by atoms with Gasteiger partial charge in [0.1, 0.15) is 11.6 Å². The zero-order valence-electron chi connectivity index (χ0n) is 16.9. The van der Waals surface area contributed by atoms with Gasteiger partial charge in [0.25, 0.3) is 5.91 Å². The van der Waals surface area contributed by atoms with Crippen molar-refractivity contribution in [3.63, 3.8) is 0 Å². The lowest BCUT2D eigenvalue weighted by Crippen LogP contribution is -2.46. The standard InChI is InChI=1S/C22H26FNO4S/c1-15-8-9-20(12-16(15)2)28-17(3)22(25)24(19-10-11-29(26,27)14-19)13-18-6-4-5-7-21(18)23/h4-9,12,17,19H,10-11,13-14H2,1-3H3/t17-,19-/m0/s1. The highest BCUT2D eigenvalue weighted by molar-refractivity contribution is 7.91. The fourth-order valence-corrected chi connectivity index (χ4v) is 5.22. The molecule has 2 aromatic carbocycles. The van der Waals surface area contributed by atoms with E-state index >= 15 is 0 Å². The van der Waals surface area contributed by atoms with Crippen LogP contribution in [-0.4, -0.2) is 42.9 Å². The highest BCUT2D eigenvalue weighted by atomic mass is 32.2. The zero-order chi connectivity index (χ0) is 21.2. The van der Waals surface area contributed by atoms with Gasteiger partial charge in [0.15, 0.2) is 15.9 Å². The van der Waals surface area contributed by atoms with Crippen molar-refractivity contribution < 1.29 is 22.3 Å². The van der Waals surface area contributed by atoms with Crippen molar-refractivity contribution in [1.82, 2.24) is 4.90 Å². The first-order valence-electron chi connectivity index (χ1n) is 9.64. The van der Waals surface area contributed by atoms with Crippen LogP contribution in [0.2, 0.25) is 0 Å². The Morgan fingerprint density at radius 3 is 2.55 bits per heavy atom. The van der Waals surface area contributed by atoms with E-state index in [1.165, 1.54) is 11.0 Å². The molecule has 3 rings (SSSR count). The smallest absolute Gasteiger partial charge is 0.263 e. The summed E-state index contributed by atoms with van der Waals surface area (Å²) in [7, 11) is -3.20. The molecule has 0 unspecified atom stereocenters. The molecule has 2 atom stereocenters. The molecular weight excluding hydrogens is 393 g/mol. The van der Waals surface area contributed by atoms with E-state index in [4.69, 9.17) is 4.74 Å². The van der Waals surface area contributed by atoms with E-state index in [-0.39, 0.29) is 24.0 Å². The predicted octanol–water partition coefficient (Wildman–Crippen LogP) is 3.43. The molecule has 1 aliphatic heterocycles. The second kappa shape index (κ2) is 8.53. The number of rotatable bonds is 6. The van der Waals surface area contributed by atoms with Crippen molar-refractivity contribution in [2.24, 2.45) is 0 Å². The second-order valence-corrected chi connectivity index (χ2v) is 9.85. The van der Waals surface area contributed by atoms with E-state index in [1.807, 2.05) is 26.0 Å². The molecule has 0 saturated carbocycles. The Hall–Kier alpha value is -2.41. The Kier molecular flexibility index (Phi) is 6.27. The van der Waals surface area contributed by atoms with Gasteiger partial charge in [-0.15, -0.1) is 0 Å². The van der Waals surface area contributed by atoms with Gasteiger partial charge in [-0.25, -0.2) is 12.8 Å². The largest absolute Gasteiger partial charge is 0.481 e. The van der Waals surface area contributed by atoms with Gasteiger partial charge in [-0.3, -0.25) is 4.79 Å². The minimum Gasteiger partial charge on any atom is -0.481 e. The van der Waals surface area contributed by atoms with Crippen LogP contribution in [0.4, 0.5) is 4.39 Å². The average molecular weight is 420 g/mol. The average Bonchev–Trinajstić information content (AvgIpc) is 3.03. The number of aryl methyl sites for hydroxylation is 2. The molecule has 0 aromatic heterocycles. The summed E-state index contributed by atoms with van der Waals surface area (Å²) in [6.07, 6.45) is -0.481. The Balaban J connectivity index is 1.82. The van der Waals surface area contributed by atoms with Crippen LogP contribution < -0.4 is 4.74 Å². The number of carbonyl (C=O) groups excluding carboxylic acids is 1. The first-order chi connectivity index (χ1) is 13.7. The van der Waals surface area contributed by atoms with Crippen LogP contribution >= 0.6 is 0 Å². The molecule has 5 nitrogen and oxygen atoms in total. The van der Waals surface area contributed by atoms with Gasteiger partial charge >= 0.3 is 0 Å². The number of benzene rings is 2. The van der Waals surface area contributed by atoms with Crippen LogP contribution in [0.3, 0.4) is 0 Å². The van der Waals surface area contributed by atoms with Crippen LogP contribution in [0.5, 0.6) is 5.75 Å². The molecule has 0 N–H and O–H groups in total. The SMILES string of the molecule is Cc1ccc(O[C@@H](C)C(=O)N(Cc2ccccc2F)[C@H]2CCS(=O)(=O)C2)cc1C. The maximum Gasteiger partial charge on any atom is 0.263 e. The monoisotopic (exact) mass is 419 g/mol. The van der Waals surface area contributed by atoms with Crippen LogP contribution in [0, 0.1) is 19.7 Å². The Morgan fingerprint density at radius 1 is 1.21 bits per heavy atom. The van der Waals surface area contributed by atoms with Gasteiger partial charge in [-0.05, 0) is 56.5 Å². The molecule has 1 amide bonds. The number of ether oxygens (including phenoxy) is 1. The van der Waals surface area contributed by atoms with Crippen molar-refractivity contribution in [1.29, 1.82) is 0 Å². The molecule has 1 saturated heterocycles. The van der Waals surface area contributed by atoms with Crippen LogP contribution in [0.15, 0.2) is 42.5 Å². The number of hydrogen-bond donors (Lipinski definition) is 0. The number of sulfone groups is 1. The van der Waals surface area contributed by atoms with Gasteiger partial charge in [-0.2, -0.15) is 0 Å². The molecule has 1 aliphatic rings. The molecule has 156 valence electrons. The van der Waals surface area contributed by atoms with Gasteiger partial charge in [-0.1, -0.05) is 24.3 Å². The fraction of sp³-hybridized carbons (Fsp3) is 0.409. The topological polar surface area (TPSA) is 63.7 Å². The minimum absolute atomic E-state index is 0.00627. The van der Waals surface area contributed by atoms with Gasteiger partial charge in [0.2, 0.25) is 0 Å². The Labute approximate surface area is 171 Å². The summed E-state index contributed by atoms with van der Waals surface area (Å²) >= 11 is 0. The normalized spacial score (nSPS) is 19.0. The quantitative estimate of drug-likeness (QED) is 0.720. The predicted molar refractivity (Wildman–Crippen MR) is 110 cm³/mol. The highest BCUT2D eigenvalue weighted by Crippen LogP contribution is 2.24. The lowest BCUT2D eigenvalue weighted by molar-refractivity contribution is -0.140. The molecule has 29 heavy (non-hydrogen) atoms. The van der Waals surface area contributed by atoms with Gasteiger partial charge in [0.05, 0.1) is 11.5 Å². The van der Waals surface area contributed by atoms with Crippen molar-refractivity contribution in [2.45, 2.75) is 45.9 Å². The third kappa shape index (κ3) is 5.15. The minimum atomic E-state index is -3.20. The fourth-order valence-electron chi connectivity index (χ4n) is 3.49. The third-order valence-corrected chi connectivity index (χ3v) is 7.12. The number of amides is 1. The summed E-state index contributed by atoms with van der Waals surface area (Å²) in [5, 5.41) is 0. The number of carbonyl (C=O) groups is 1. The molecule has 0 spiro atoms. The molecule has 1 heterocycles. The van der Waals surface area contributed by atoms with E-state index in [1.54, 1.807) is 31.2 Å². The Morgan fingerprint density at radius 2 is 1.93 bits per heavy atom. The maximum atomic E-state index is 14.2. The Bertz CT molecular complexity index is 1010. The first kappa shape index (κ1) is 21.3. The van der Waals surface area contributed by atoms with E-state index < -0.39 is 27.8 Å². The van der Waals surface area contributed by atoms with Gasteiger partial charge in [0, 0.05) is 18.2 Å². The number of nitrogens with zero attached hydrogens (tertiary/aromatic N) is 1. The van der Waals surface area contributed by atoms with E-state index in [0.717, 1.165) is 11.1 Å². The van der Waals surface area contributed by atoms with Crippen LogP contribution in [-0.2, 0) is 21.2 Å². The summed E-state index contributed by atoms with van der Waals surface area (Å²) < 4.78 is 44.0. The number of halogens is 1. The lowest BCUT2D eigenvalue weighted by Gasteiger charge is -2.31. The molecule has 0 radical (unpaired) electrons. The van der Waals surface area contributed by atoms with E-state index in [9.17, 15) is 17.6 Å². The third-order valence-electron chi connectivity index (χ3n) is 5.37. The lowest BCUT2D eigenvalue weighted by atomic mass is 10.1. The van der Waals surface area contributed by atoms with Crippen LogP contribution in [0.25, 0.3) is 0 Å². The molecule has 1 fully saturated rings. The molecule has 0 bridgehead atoms. The maximum absolute atomic E-state index is 14.2. The summed E-state index contributed by atoms with van der Waals surface area (Å²) in [6, 6.07) is 11.3. The van der Waals surface area contributed by atoms with Crippen molar-refractivity contribution in [3.05, 3.63) is 65.0 Å². The zero-order valence-corrected chi connectivity index (χ0v) is 17.7. The molecular formula is C22H26FNO4S. The van der Waals surface area contributed by atoms with Crippen LogP contribution in [0.1, 0.15) is 30.0 Å². The van der Waals surface area contributed by atoms with Gasteiger partial charge < -0.3 is 9.64 Å². The summed E-state index contributed by atoms with van der Waals surface area (Å²) in [4.78, 5) is 14.6. The van der Waals surface area contributed by atoms with Crippen molar-refractivity contribution >= 4 is 15.7 Å². The summed E-state index contributed by atoms with van der Waals surface area (Å²) in [6.45, 7) is 5.59. The van der Waals surface area contributed by atoms with Crippen molar-refractivity contribution in [3.8, 4) is 5.75 Å². The number of hydrogen-bond acceptors (Lipinski definition) is 4. The molecule has 0 aliphatic carbocycles. The molecule has 2 aromatic rings.